The van der Waals surface area contributed by atoms with E-state index in [2.05, 4.69) is 15.3 Å². The molecule has 1 aliphatic rings. The number of benzene rings is 2. The van der Waals surface area contributed by atoms with Crippen molar-refractivity contribution in [1.29, 1.82) is 0 Å². The standard InChI is InChI=1S/C24H18FN3O2/c25-20-14-27-22(12-18(20)23-13-19-21(28-23)10-11-26-24(19)29)15-6-8-17(9-7-15)30-16-4-2-1-3-5-16/h1-9,12-14,28H,10-11H2,(H,26,29). The van der Waals surface area contributed by atoms with Crippen LogP contribution in [-0.2, 0) is 6.42 Å². The molecule has 6 heteroatoms. The summed E-state index contributed by atoms with van der Waals surface area (Å²) in [4.78, 5) is 19.4. The van der Waals surface area contributed by atoms with E-state index in [9.17, 15) is 9.18 Å². The van der Waals surface area contributed by atoms with E-state index in [1.54, 1.807) is 12.1 Å². The Morgan fingerprint density at radius 2 is 1.70 bits per heavy atom. The molecule has 0 spiro atoms. The van der Waals surface area contributed by atoms with Crippen LogP contribution in [0.3, 0.4) is 0 Å². The van der Waals surface area contributed by atoms with Gasteiger partial charge in [0.2, 0.25) is 0 Å². The summed E-state index contributed by atoms with van der Waals surface area (Å²) in [7, 11) is 0. The zero-order valence-electron chi connectivity index (χ0n) is 16.0. The predicted octanol–water partition coefficient (Wildman–Crippen LogP) is 4.96. The second-order valence-electron chi connectivity index (χ2n) is 7.07. The average molecular weight is 399 g/mol. The molecule has 1 aliphatic heterocycles. The maximum atomic E-state index is 14.5. The van der Waals surface area contributed by atoms with Crippen molar-refractivity contribution in [2.24, 2.45) is 0 Å². The van der Waals surface area contributed by atoms with Gasteiger partial charge in [0.1, 0.15) is 11.5 Å². The lowest BCUT2D eigenvalue weighted by atomic mass is 10.1. The summed E-state index contributed by atoms with van der Waals surface area (Å²) in [5.74, 6) is 0.881. The Morgan fingerprint density at radius 3 is 2.47 bits per heavy atom. The Bertz CT molecular complexity index is 1220. The molecule has 0 saturated carbocycles. The average Bonchev–Trinajstić information content (AvgIpc) is 3.21. The molecule has 0 saturated heterocycles. The van der Waals surface area contributed by atoms with Crippen LogP contribution in [0.4, 0.5) is 4.39 Å². The predicted molar refractivity (Wildman–Crippen MR) is 112 cm³/mol. The van der Waals surface area contributed by atoms with Crippen LogP contribution in [0, 0.1) is 5.82 Å². The first-order valence-corrected chi connectivity index (χ1v) is 9.67. The number of pyridine rings is 1. The van der Waals surface area contributed by atoms with E-state index in [1.807, 2.05) is 54.6 Å². The first-order valence-electron chi connectivity index (χ1n) is 9.67. The Morgan fingerprint density at radius 1 is 0.933 bits per heavy atom. The molecule has 2 N–H and O–H groups in total. The molecular formula is C24H18FN3O2. The smallest absolute Gasteiger partial charge is 0.253 e. The van der Waals surface area contributed by atoms with E-state index in [0.29, 0.717) is 41.2 Å². The third kappa shape index (κ3) is 3.43. The van der Waals surface area contributed by atoms with Crippen LogP contribution in [0.5, 0.6) is 11.5 Å². The maximum absolute atomic E-state index is 14.5. The maximum Gasteiger partial charge on any atom is 0.253 e. The molecule has 0 radical (unpaired) electrons. The number of nitrogens with one attached hydrogen (secondary N) is 2. The van der Waals surface area contributed by atoms with E-state index in [-0.39, 0.29) is 5.91 Å². The van der Waals surface area contributed by atoms with Crippen molar-refractivity contribution in [3.8, 4) is 34.0 Å². The van der Waals surface area contributed by atoms with Crippen molar-refractivity contribution in [2.45, 2.75) is 6.42 Å². The second kappa shape index (κ2) is 7.48. The molecule has 4 aromatic rings. The summed E-state index contributed by atoms with van der Waals surface area (Å²) in [6, 6.07) is 20.4. The van der Waals surface area contributed by atoms with Gasteiger partial charge in [0.15, 0.2) is 5.82 Å². The van der Waals surface area contributed by atoms with Gasteiger partial charge in [-0.2, -0.15) is 0 Å². The Kier molecular flexibility index (Phi) is 4.52. The van der Waals surface area contributed by atoms with Gasteiger partial charge >= 0.3 is 0 Å². The summed E-state index contributed by atoms with van der Waals surface area (Å²) >= 11 is 0. The number of para-hydroxylation sites is 1. The van der Waals surface area contributed by atoms with Crippen LogP contribution in [-0.4, -0.2) is 22.4 Å². The number of H-pyrrole nitrogens is 1. The summed E-state index contributed by atoms with van der Waals surface area (Å²) < 4.78 is 20.4. The third-order valence-corrected chi connectivity index (χ3v) is 5.08. The Balaban J connectivity index is 1.44. The molecule has 0 fully saturated rings. The van der Waals surface area contributed by atoms with Gasteiger partial charge in [0, 0.05) is 35.5 Å². The summed E-state index contributed by atoms with van der Waals surface area (Å²) in [6.07, 6.45) is 1.91. The number of rotatable bonds is 4. The SMILES string of the molecule is O=C1NCCc2[nH]c(-c3cc(-c4ccc(Oc5ccccc5)cc4)ncc3F)cc21. The second-order valence-corrected chi connectivity index (χ2v) is 7.07. The van der Waals surface area contributed by atoms with Crippen molar-refractivity contribution in [1.82, 2.24) is 15.3 Å². The van der Waals surface area contributed by atoms with Crippen LogP contribution in [0.2, 0.25) is 0 Å². The van der Waals surface area contributed by atoms with Gasteiger partial charge in [-0.15, -0.1) is 0 Å². The zero-order valence-corrected chi connectivity index (χ0v) is 16.0. The number of carbonyl (C=O) groups excluding carboxylic acids is 1. The number of aromatic amines is 1. The number of amides is 1. The molecule has 1 amide bonds. The van der Waals surface area contributed by atoms with Crippen LogP contribution in [0.25, 0.3) is 22.5 Å². The third-order valence-electron chi connectivity index (χ3n) is 5.08. The molecule has 2 aromatic carbocycles. The van der Waals surface area contributed by atoms with Gasteiger partial charge in [0.25, 0.3) is 5.91 Å². The number of carbonyl (C=O) groups is 1. The highest BCUT2D eigenvalue weighted by Gasteiger charge is 2.21. The monoisotopic (exact) mass is 399 g/mol. The first kappa shape index (κ1) is 18.1. The van der Waals surface area contributed by atoms with Crippen molar-refractivity contribution in [3.05, 3.63) is 90.0 Å². The minimum atomic E-state index is -0.443. The van der Waals surface area contributed by atoms with E-state index >= 15 is 0 Å². The van der Waals surface area contributed by atoms with Gasteiger partial charge in [-0.25, -0.2) is 4.39 Å². The summed E-state index contributed by atoms with van der Waals surface area (Å²) in [6.45, 7) is 0.577. The molecule has 0 unspecified atom stereocenters. The molecule has 0 atom stereocenters. The van der Waals surface area contributed by atoms with E-state index < -0.39 is 5.82 Å². The molecule has 30 heavy (non-hydrogen) atoms. The molecule has 0 bridgehead atoms. The fourth-order valence-corrected chi connectivity index (χ4v) is 3.56. The molecule has 148 valence electrons. The van der Waals surface area contributed by atoms with Gasteiger partial charge < -0.3 is 15.0 Å². The number of nitrogens with zero attached hydrogens (tertiary/aromatic N) is 1. The fourth-order valence-electron chi connectivity index (χ4n) is 3.56. The molecule has 5 rings (SSSR count). The van der Waals surface area contributed by atoms with Crippen LogP contribution in [0.15, 0.2) is 72.9 Å². The minimum Gasteiger partial charge on any atom is -0.457 e. The van der Waals surface area contributed by atoms with Crippen molar-refractivity contribution >= 4 is 5.91 Å². The van der Waals surface area contributed by atoms with E-state index in [0.717, 1.165) is 17.0 Å². The van der Waals surface area contributed by atoms with Crippen LogP contribution >= 0.6 is 0 Å². The number of hydrogen-bond donors (Lipinski definition) is 2. The molecule has 5 nitrogen and oxygen atoms in total. The normalized spacial score (nSPS) is 12.9. The largest absolute Gasteiger partial charge is 0.457 e. The molecule has 3 heterocycles. The highest BCUT2D eigenvalue weighted by Crippen LogP contribution is 2.30. The lowest BCUT2D eigenvalue weighted by molar-refractivity contribution is 0.0946. The highest BCUT2D eigenvalue weighted by molar-refractivity contribution is 5.97. The lowest BCUT2D eigenvalue weighted by Crippen LogP contribution is -2.31. The Hall–Kier alpha value is -3.93. The van der Waals surface area contributed by atoms with Gasteiger partial charge in [-0.3, -0.25) is 9.78 Å². The van der Waals surface area contributed by atoms with E-state index in [1.165, 1.54) is 6.20 Å². The summed E-state index contributed by atoms with van der Waals surface area (Å²) in [5.41, 5.74) is 3.82. The minimum absolute atomic E-state index is 0.137. The molecular weight excluding hydrogens is 381 g/mol. The quantitative estimate of drug-likeness (QED) is 0.510. The zero-order chi connectivity index (χ0) is 20.5. The number of halogens is 1. The van der Waals surface area contributed by atoms with Gasteiger partial charge in [-0.1, -0.05) is 18.2 Å². The van der Waals surface area contributed by atoms with Crippen molar-refractivity contribution in [3.63, 3.8) is 0 Å². The van der Waals surface area contributed by atoms with Crippen molar-refractivity contribution < 1.29 is 13.9 Å². The number of fused-ring (bicyclic) bond motifs is 1. The van der Waals surface area contributed by atoms with Gasteiger partial charge in [0.05, 0.1) is 17.5 Å². The fraction of sp³-hybridized carbons (Fsp3) is 0.0833. The lowest BCUT2D eigenvalue weighted by Gasteiger charge is -2.11. The number of aromatic nitrogens is 2. The molecule has 0 aliphatic carbocycles. The topological polar surface area (TPSA) is 67.0 Å². The number of ether oxygens (including phenoxy) is 1. The Labute approximate surface area is 172 Å². The van der Waals surface area contributed by atoms with Crippen LogP contribution in [0.1, 0.15) is 16.1 Å². The molecule has 2 aromatic heterocycles. The highest BCUT2D eigenvalue weighted by atomic mass is 19.1. The first-order chi connectivity index (χ1) is 14.7. The number of hydrogen-bond acceptors (Lipinski definition) is 3. The summed E-state index contributed by atoms with van der Waals surface area (Å²) in [5, 5.41) is 2.80. The van der Waals surface area contributed by atoms with Crippen LogP contribution < -0.4 is 10.1 Å². The van der Waals surface area contributed by atoms with Gasteiger partial charge in [-0.05, 0) is 48.5 Å². The van der Waals surface area contributed by atoms with E-state index in [4.69, 9.17) is 4.74 Å². The van der Waals surface area contributed by atoms with Crippen molar-refractivity contribution in [2.75, 3.05) is 6.54 Å².